The third-order valence-corrected chi connectivity index (χ3v) is 6.15. The Hall–Kier alpha value is -1.23. The Morgan fingerprint density at radius 2 is 1.61 bits per heavy atom. The fraction of sp³-hybridized carbons (Fsp3) is 0.538. The molecule has 2 rings (SSSR count). The zero-order valence-corrected chi connectivity index (χ0v) is 14.4. The molecule has 1 aromatic carbocycles. The molecule has 1 aromatic rings. The minimum Gasteiger partial charge on any atom is -0.369 e. The third-order valence-electron chi connectivity index (χ3n) is 3.55. The van der Waals surface area contributed by atoms with Crippen LogP contribution < -0.4 is 9.62 Å². The number of sulfonamides is 2. The standard InChI is InChI=1S/C13H20FN3O4S2/c1-22(18,19)15-6-11-23(20,21)17-9-7-16(8-10-17)13-4-2-12(14)3-5-13/h2-5,15H,6-11H2,1H3. The number of anilines is 1. The van der Waals surface area contributed by atoms with Crippen LogP contribution in [0.25, 0.3) is 0 Å². The van der Waals surface area contributed by atoms with Gasteiger partial charge in [0.1, 0.15) is 5.82 Å². The third kappa shape index (κ3) is 5.41. The molecule has 7 nitrogen and oxygen atoms in total. The summed E-state index contributed by atoms with van der Waals surface area (Å²) in [6, 6.07) is 6.07. The van der Waals surface area contributed by atoms with E-state index in [0.29, 0.717) is 26.2 Å². The van der Waals surface area contributed by atoms with Crippen molar-refractivity contribution in [3.05, 3.63) is 30.1 Å². The van der Waals surface area contributed by atoms with E-state index in [2.05, 4.69) is 4.72 Å². The van der Waals surface area contributed by atoms with E-state index in [1.54, 1.807) is 12.1 Å². The molecule has 10 heteroatoms. The highest BCUT2D eigenvalue weighted by molar-refractivity contribution is 7.89. The average molecular weight is 365 g/mol. The zero-order valence-electron chi connectivity index (χ0n) is 12.8. The molecule has 23 heavy (non-hydrogen) atoms. The second-order valence-corrected chi connectivity index (χ2v) is 9.27. The van der Waals surface area contributed by atoms with Gasteiger partial charge in [-0.05, 0) is 24.3 Å². The number of nitrogens with one attached hydrogen (secondary N) is 1. The molecule has 1 aliphatic heterocycles. The van der Waals surface area contributed by atoms with Gasteiger partial charge in [0.2, 0.25) is 20.0 Å². The smallest absolute Gasteiger partial charge is 0.215 e. The van der Waals surface area contributed by atoms with Gasteiger partial charge in [-0.2, -0.15) is 4.31 Å². The summed E-state index contributed by atoms with van der Waals surface area (Å²) in [7, 11) is -6.90. The van der Waals surface area contributed by atoms with Crippen molar-refractivity contribution in [1.82, 2.24) is 9.03 Å². The van der Waals surface area contributed by atoms with Crippen molar-refractivity contribution in [3.63, 3.8) is 0 Å². The summed E-state index contributed by atoms with van der Waals surface area (Å²) in [6.45, 7) is 1.51. The van der Waals surface area contributed by atoms with Gasteiger partial charge in [0.05, 0.1) is 12.0 Å². The van der Waals surface area contributed by atoms with E-state index in [1.807, 2.05) is 4.90 Å². The SMILES string of the molecule is CS(=O)(=O)NCCS(=O)(=O)N1CCN(c2ccc(F)cc2)CC1. The van der Waals surface area contributed by atoms with Gasteiger partial charge in [-0.25, -0.2) is 25.9 Å². The van der Waals surface area contributed by atoms with Crippen LogP contribution in [-0.4, -0.2) is 65.9 Å². The molecular weight excluding hydrogens is 345 g/mol. The van der Waals surface area contributed by atoms with Gasteiger partial charge in [0, 0.05) is 38.4 Å². The van der Waals surface area contributed by atoms with Gasteiger partial charge in [-0.3, -0.25) is 0 Å². The van der Waals surface area contributed by atoms with E-state index in [9.17, 15) is 21.2 Å². The first-order valence-corrected chi connectivity index (χ1v) is 10.6. The predicted molar refractivity (Wildman–Crippen MR) is 86.8 cm³/mol. The molecule has 0 aromatic heterocycles. The van der Waals surface area contributed by atoms with Crippen LogP contribution in [0.4, 0.5) is 10.1 Å². The molecule has 0 bridgehead atoms. The first-order valence-electron chi connectivity index (χ1n) is 7.10. The van der Waals surface area contributed by atoms with E-state index in [4.69, 9.17) is 0 Å². The molecule has 0 saturated carbocycles. The summed E-state index contributed by atoms with van der Waals surface area (Å²) in [4.78, 5) is 1.99. The van der Waals surface area contributed by atoms with Gasteiger partial charge in [-0.15, -0.1) is 0 Å². The molecule has 1 aliphatic rings. The highest BCUT2D eigenvalue weighted by atomic mass is 32.2. The number of nitrogens with zero attached hydrogens (tertiary/aromatic N) is 2. The van der Waals surface area contributed by atoms with Gasteiger partial charge >= 0.3 is 0 Å². The fourth-order valence-corrected chi connectivity index (χ4v) is 4.30. The van der Waals surface area contributed by atoms with E-state index in [-0.39, 0.29) is 18.1 Å². The molecule has 1 N–H and O–H groups in total. The van der Waals surface area contributed by atoms with E-state index in [1.165, 1.54) is 16.4 Å². The van der Waals surface area contributed by atoms with Crippen LogP contribution >= 0.6 is 0 Å². The molecule has 0 aliphatic carbocycles. The van der Waals surface area contributed by atoms with Crippen molar-refractivity contribution in [2.24, 2.45) is 0 Å². The maximum Gasteiger partial charge on any atom is 0.215 e. The minimum absolute atomic E-state index is 0.140. The molecule has 1 fully saturated rings. The monoisotopic (exact) mass is 365 g/mol. The van der Waals surface area contributed by atoms with Gasteiger partial charge in [0.15, 0.2) is 0 Å². The van der Waals surface area contributed by atoms with Crippen LogP contribution in [0.3, 0.4) is 0 Å². The normalized spacial score (nSPS) is 17.4. The van der Waals surface area contributed by atoms with Crippen LogP contribution in [0, 0.1) is 5.82 Å². The number of hydrogen-bond acceptors (Lipinski definition) is 5. The summed E-state index contributed by atoms with van der Waals surface area (Å²) in [5.74, 6) is -0.579. The van der Waals surface area contributed by atoms with E-state index >= 15 is 0 Å². The second kappa shape index (κ2) is 7.12. The van der Waals surface area contributed by atoms with Crippen molar-refractivity contribution in [2.75, 3.05) is 49.6 Å². The molecule has 0 amide bonds. The van der Waals surface area contributed by atoms with Crippen molar-refractivity contribution in [1.29, 1.82) is 0 Å². The highest BCUT2D eigenvalue weighted by Crippen LogP contribution is 2.18. The molecule has 0 atom stereocenters. The first kappa shape index (κ1) is 18.1. The Morgan fingerprint density at radius 3 is 2.13 bits per heavy atom. The second-order valence-electron chi connectivity index (χ2n) is 5.35. The van der Waals surface area contributed by atoms with Gasteiger partial charge < -0.3 is 4.90 Å². The fourth-order valence-electron chi connectivity index (χ4n) is 2.36. The summed E-state index contributed by atoms with van der Waals surface area (Å²) in [5, 5.41) is 0. The maximum absolute atomic E-state index is 12.9. The zero-order chi connectivity index (χ0) is 17.1. The Labute approximate surface area is 136 Å². The summed E-state index contributed by atoms with van der Waals surface area (Å²) < 4.78 is 62.7. The van der Waals surface area contributed by atoms with Crippen molar-refractivity contribution >= 4 is 25.7 Å². The van der Waals surface area contributed by atoms with Crippen molar-refractivity contribution < 1.29 is 21.2 Å². The lowest BCUT2D eigenvalue weighted by Gasteiger charge is -2.35. The largest absolute Gasteiger partial charge is 0.369 e. The Bertz CT molecular complexity index is 727. The molecule has 1 heterocycles. The summed E-state index contributed by atoms with van der Waals surface area (Å²) in [6.07, 6.45) is 0.987. The number of rotatable bonds is 6. The van der Waals surface area contributed by atoms with Gasteiger partial charge in [0.25, 0.3) is 0 Å². The molecule has 0 radical (unpaired) electrons. The maximum atomic E-state index is 12.9. The first-order chi connectivity index (χ1) is 10.7. The number of hydrogen-bond donors (Lipinski definition) is 1. The van der Waals surface area contributed by atoms with Crippen LogP contribution in [0.2, 0.25) is 0 Å². The Morgan fingerprint density at radius 1 is 1.04 bits per heavy atom. The summed E-state index contributed by atoms with van der Waals surface area (Å²) in [5.41, 5.74) is 0.849. The lowest BCUT2D eigenvalue weighted by Crippen LogP contribution is -2.50. The van der Waals surface area contributed by atoms with Crippen molar-refractivity contribution in [2.45, 2.75) is 0 Å². The lowest BCUT2D eigenvalue weighted by atomic mass is 10.2. The number of piperazine rings is 1. The lowest BCUT2D eigenvalue weighted by molar-refractivity contribution is 0.385. The Kier molecular flexibility index (Phi) is 5.61. The van der Waals surface area contributed by atoms with Crippen LogP contribution in [0.1, 0.15) is 0 Å². The molecule has 130 valence electrons. The van der Waals surface area contributed by atoms with E-state index in [0.717, 1.165) is 11.9 Å². The number of halogens is 1. The molecule has 0 spiro atoms. The molecular formula is C13H20FN3O4S2. The highest BCUT2D eigenvalue weighted by Gasteiger charge is 2.26. The van der Waals surface area contributed by atoms with Crippen molar-refractivity contribution in [3.8, 4) is 0 Å². The van der Waals surface area contributed by atoms with Crippen LogP contribution in [0.5, 0.6) is 0 Å². The van der Waals surface area contributed by atoms with Crippen LogP contribution in [0.15, 0.2) is 24.3 Å². The molecule has 1 saturated heterocycles. The molecule has 0 unspecified atom stereocenters. The minimum atomic E-state index is -3.50. The topological polar surface area (TPSA) is 86.8 Å². The van der Waals surface area contributed by atoms with Crippen LogP contribution in [-0.2, 0) is 20.0 Å². The summed E-state index contributed by atoms with van der Waals surface area (Å²) >= 11 is 0. The predicted octanol–water partition coefficient (Wildman–Crippen LogP) is -0.173. The van der Waals surface area contributed by atoms with Gasteiger partial charge in [-0.1, -0.05) is 0 Å². The Balaban J connectivity index is 1.89. The van der Waals surface area contributed by atoms with E-state index < -0.39 is 20.0 Å². The number of benzene rings is 1. The average Bonchev–Trinajstić information content (AvgIpc) is 2.46. The quantitative estimate of drug-likeness (QED) is 0.756.